The van der Waals surface area contributed by atoms with Gasteiger partial charge in [0.1, 0.15) is 12.4 Å². The van der Waals surface area contributed by atoms with Gasteiger partial charge < -0.3 is 14.4 Å². The molecule has 7 heteroatoms. The minimum atomic E-state index is -4.40. The predicted octanol–water partition coefficient (Wildman–Crippen LogP) is 6.08. The van der Waals surface area contributed by atoms with Crippen molar-refractivity contribution in [2.45, 2.75) is 45.9 Å². The van der Waals surface area contributed by atoms with Crippen LogP contribution in [0.5, 0.6) is 5.75 Å². The number of hydrogen-bond acceptors (Lipinski definition) is 4. The summed E-state index contributed by atoms with van der Waals surface area (Å²) in [6.45, 7) is 6.33. The first-order valence-corrected chi connectivity index (χ1v) is 11.6. The molecule has 182 valence electrons. The molecule has 0 saturated carbocycles. The number of para-hydroxylation sites is 1. The van der Waals surface area contributed by atoms with Crippen LogP contribution in [0.1, 0.15) is 55.4 Å². The second-order valence-corrected chi connectivity index (χ2v) is 9.60. The van der Waals surface area contributed by atoms with Gasteiger partial charge in [0.05, 0.1) is 18.1 Å². The number of halogens is 3. The van der Waals surface area contributed by atoms with E-state index < -0.39 is 17.2 Å². The highest BCUT2D eigenvalue weighted by molar-refractivity contribution is 5.87. The van der Waals surface area contributed by atoms with E-state index in [-0.39, 0.29) is 12.6 Å². The molecule has 2 aliphatic rings. The predicted molar refractivity (Wildman–Crippen MR) is 124 cm³/mol. The van der Waals surface area contributed by atoms with Gasteiger partial charge in [0.25, 0.3) is 0 Å². The average Bonchev–Trinajstić information content (AvgIpc) is 2.98. The van der Waals surface area contributed by atoms with E-state index in [1.54, 1.807) is 6.07 Å². The molecule has 0 N–H and O–H groups in total. The summed E-state index contributed by atoms with van der Waals surface area (Å²) in [7, 11) is 1.41. The summed E-state index contributed by atoms with van der Waals surface area (Å²) in [6, 6.07) is 11.6. The lowest BCUT2D eigenvalue weighted by atomic mass is 9.85. The standard InChI is InChI=1S/C27H30F3NO3/c1-26(2,25(32)33-3)12-15-31-13-10-18(11-14-31)24-21-9-8-20(27(28,29)30)16-19(21)17-34-23-7-5-4-6-22(23)24/h4-9,16H,10-15,17H2,1-3H3. The third-order valence-electron chi connectivity index (χ3n) is 6.85. The molecule has 0 radical (unpaired) electrons. The first kappa shape index (κ1) is 24.3. The van der Waals surface area contributed by atoms with Crippen molar-refractivity contribution in [2.24, 2.45) is 5.41 Å². The molecule has 2 aliphatic heterocycles. The van der Waals surface area contributed by atoms with Crippen molar-refractivity contribution in [3.63, 3.8) is 0 Å². The topological polar surface area (TPSA) is 38.8 Å². The molecule has 4 nitrogen and oxygen atoms in total. The summed E-state index contributed by atoms with van der Waals surface area (Å²) in [5, 5.41) is 0. The summed E-state index contributed by atoms with van der Waals surface area (Å²) in [5.74, 6) is 0.481. The summed E-state index contributed by atoms with van der Waals surface area (Å²) in [4.78, 5) is 14.3. The van der Waals surface area contributed by atoms with Gasteiger partial charge in [-0.15, -0.1) is 0 Å². The van der Waals surface area contributed by atoms with Crippen LogP contribution < -0.4 is 4.74 Å². The average molecular weight is 474 g/mol. The number of carbonyl (C=O) groups excluding carboxylic acids is 1. The van der Waals surface area contributed by atoms with Gasteiger partial charge in [-0.2, -0.15) is 13.2 Å². The monoisotopic (exact) mass is 473 g/mol. The van der Waals surface area contributed by atoms with Crippen molar-refractivity contribution in [1.29, 1.82) is 0 Å². The van der Waals surface area contributed by atoms with Gasteiger partial charge in [0.2, 0.25) is 0 Å². The second-order valence-electron chi connectivity index (χ2n) is 9.60. The molecule has 0 spiro atoms. The number of esters is 1. The van der Waals surface area contributed by atoms with Crippen molar-refractivity contribution in [2.75, 3.05) is 26.7 Å². The zero-order valence-corrected chi connectivity index (χ0v) is 19.8. The molecule has 0 unspecified atom stereocenters. The van der Waals surface area contributed by atoms with Crippen LogP contribution in [0, 0.1) is 5.41 Å². The highest BCUT2D eigenvalue weighted by atomic mass is 19.4. The summed E-state index contributed by atoms with van der Waals surface area (Å²) in [6.07, 6.45) is -2.08. The summed E-state index contributed by atoms with van der Waals surface area (Å²) >= 11 is 0. The van der Waals surface area contributed by atoms with Crippen molar-refractivity contribution < 1.29 is 27.4 Å². The Kier molecular flexibility index (Phi) is 6.76. The maximum absolute atomic E-state index is 13.4. The Labute approximate surface area is 198 Å². The molecular weight excluding hydrogens is 443 g/mol. The second kappa shape index (κ2) is 9.45. The van der Waals surface area contributed by atoms with E-state index in [4.69, 9.17) is 9.47 Å². The van der Waals surface area contributed by atoms with Crippen molar-refractivity contribution in [3.05, 3.63) is 70.3 Å². The van der Waals surface area contributed by atoms with E-state index >= 15 is 0 Å². The fourth-order valence-electron chi connectivity index (χ4n) is 4.73. The summed E-state index contributed by atoms with van der Waals surface area (Å²) in [5.41, 5.74) is 3.31. The van der Waals surface area contributed by atoms with Gasteiger partial charge in [0, 0.05) is 18.7 Å². The van der Waals surface area contributed by atoms with Crippen LogP contribution in [0.4, 0.5) is 13.2 Å². The highest BCUT2D eigenvalue weighted by Gasteiger charge is 2.33. The normalized spacial score (nSPS) is 16.9. The molecule has 34 heavy (non-hydrogen) atoms. The minimum absolute atomic E-state index is 0.0990. The number of benzene rings is 2. The van der Waals surface area contributed by atoms with Crippen molar-refractivity contribution in [3.8, 4) is 5.75 Å². The lowest BCUT2D eigenvalue weighted by molar-refractivity contribution is -0.151. The number of methoxy groups -OCH3 is 1. The number of likely N-dealkylation sites (tertiary alicyclic amines) is 1. The number of alkyl halides is 3. The molecule has 1 fully saturated rings. The molecule has 4 rings (SSSR count). The molecule has 0 bridgehead atoms. The zero-order valence-electron chi connectivity index (χ0n) is 19.8. The van der Waals surface area contributed by atoms with E-state index in [0.29, 0.717) is 17.7 Å². The Morgan fingerprint density at radius 1 is 1.06 bits per heavy atom. The Balaban J connectivity index is 1.62. The van der Waals surface area contributed by atoms with E-state index in [2.05, 4.69) is 4.90 Å². The first-order valence-electron chi connectivity index (χ1n) is 11.6. The number of rotatable bonds is 4. The van der Waals surface area contributed by atoms with Crippen molar-refractivity contribution >= 4 is 11.5 Å². The maximum Gasteiger partial charge on any atom is 0.416 e. The third kappa shape index (κ3) is 4.99. The smallest absolute Gasteiger partial charge is 0.416 e. The van der Waals surface area contributed by atoms with Crippen LogP contribution in [-0.4, -0.2) is 37.6 Å². The molecule has 2 heterocycles. The quantitative estimate of drug-likeness (QED) is 0.504. The molecule has 0 aliphatic carbocycles. The SMILES string of the molecule is COC(=O)C(C)(C)CCN1CCC(=C2c3ccc(C(F)(F)F)cc3COc3ccccc32)CC1. The molecule has 0 amide bonds. The maximum atomic E-state index is 13.4. The van der Waals surface area contributed by atoms with Crippen LogP contribution in [0.3, 0.4) is 0 Å². The van der Waals surface area contributed by atoms with Crippen LogP contribution >= 0.6 is 0 Å². The van der Waals surface area contributed by atoms with Gasteiger partial charge in [-0.05, 0) is 74.6 Å². The highest BCUT2D eigenvalue weighted by Crippen LogP contribution is 2.42. The Bertz CT molecular complexity index is 1090. The molecule has 1 saturated heterocycles. The third-order valence-corrected chi connectivity index (χ3v) is 6.85. The van der Waals surface area contributed by atoms with Gasteiger partial charge in [-0.25, -0.2) is 0 Å². The van der Waals surface area contributed by atoms with Gasteiger partial charge in [-0.1, -0.05) is 29.8 Å². The fraction of sp³-hybridized carbons (Fsp3) is 0.444. The number of hydrogen-bond donors (Lipinski definition) is 0. The van der Waals surface area contributed by atoms with E-state index in [9.17, 15) is 18.0 Å². The zero-order chi connectivity index (χ0) is 24.5. The van der Waals surface area contributed by atoms with Gasteiger partial charge >= 0.3 is 12.1 Å². The lowest BCUT2D eigenvalue weighted by Crippen LogP contribution is -2.36. The number of nitrogens with zero attached hydrogens (tertiary/aromatic N) is 1. The number of carbonyl (C=O) groups is 1. The largest absolute Gasteiger partial charge is 0.488 e. The lowest BCUT2D eigenvalue weighted by Gasteiger charge is -2.32. The molecular formula is C27H30F3NO3. The molecule has 0 atom stereocenters. The van der Waals surface area contributed by atoms with Gasteiger partial charge in [-0.3, -0.25) is 4.79 Å². The molecule has 0 aromatic heterocycles. The fourth-order valence-corrected chi connectivity index (χ4v) is 4.73. The van der Waals surface area contributed by atoms with E-state index in [1.807, 2.05) is 38.1 Å². The summed E-state index contributed by atoms with van der Waals surface area (Å²) < 4.78 is 50.9. The van der Waals surface area contributed by atoms with Gasteiger partial charge in [0.15, 0.2) is 0 Å². The van der Waals surface area contributed by atoms with Crippen LogP contribution in [-0.2, 0) is 22.3 Å². The Morgan fingerprint density at radius 2 is 1.76 bits per heavy atom. The Hall–Kier alpha value is -2.80. The molecule has 2 aromatic rings. The first-order chi connectivity index (χ1) is 16.1. The van der Waals surface area contributed by atoms with E-state index in [0.717, 1.165) is 55.2 Å². The van der Waals surface area contributed by atoms with E-state index in [1.165, 1.54) is 18.7 Å². The van der Waals surface area contributed by atoms with Crippen molar-refractivity contribution in [1.82, 2.24) is 4.90 Å². The Morgan fingerprint density at radius 3 is 2.44 bits per heavy atom. The van der Waals surface area contributed by atoms with Crippen LogP contribution in [0.15, 0.2) is 48.0 Å². The number of piperidine rings is 1. The number of fused-ring (bicyclic) bond motifs is 2. The number of ether oxygens (including phenoxy) is 2. The van der Waals surface area contributed by atoms with Crippen LogP contribution in [0.2, 0.25) is 0 Å². The minimum Gasteiger partial charge on any atom is -0.488 e. The van der Waals surface area contributed by atoms with Crippen LogP contribution in [0.25, 0.3) is 5.57 Å². The molecule has 2 aromatic carbocycles.